The summed E-state index contributed by atoms with van der Waals surface area (Å²) in [5.41, 5.74) is 1.10. The fourth-order valence-electron chi connectivity index (χ4n) is 3.78. The third-order valence-electron chi connectivity index (χ3n) is 5.61. The Hall–Kier alpha value is -1.84. The Bertz CT molecular complexity index is 607. The molecule has 22 heavy (non-hydrogen) atoms. The van der Waals surface area contributed by atoms with E-state index in [1.165, 1.54) is 0 Å². The number of piperidine rings is 1. The lowest BCUT2D eigenvalue weighted by Crippen LogP contribution is -2.53. The van der Waals surface area contributed by atoms with E-state index in [2.05, 4.69) is 0 Å². The van der Waals surface area contributed by atoms with Crippen molar-refractivity contribution in [1.29, 1.82) is 0 Å². The van der Waals surface area contributed by atoms with Gasteiger partial charge >= 0.3 is 0 Å². The SMILES string of the molecule is CN(C(=O)C12CC1C2)C1CCCN(Cc2ccccc2)C1=O. The van der Waals surface area contributed by atoms with Gasteiger partial charge in [-0.1, -0.05) is 30.3 Å². The van der Waals surface area contributed by atoms with Crippen LogP contribution in [0.15, 0.2) is 30.3 Å². The smallest absolute Gasteiger partial charge is 0.245 e. The molecule has 1 atom stereocenters. The summed E-state index contributed by atoms with van der Waals surface area (Å²) in [7, 11) is 1.82. The molecule has 1 aromatic carbocycles. The van der Waals surface area contributed by atoms with Crippen LogP contribution < -0.4 is 0 Å². The first-order chi connectivity index (χ1) is 10.6. The summed E-state index contributed by atoms with van der Waals surface area (Å²) in [6.07, 6.45) is 3.86. The van der Waals surface area contributed by atoms with Crippen LogP contribution in [0, 0.1) is 11.3 Å². The van der Waals surface area contributed by atoms with E-state index in [1.54, 1.807) is 4.90 Å². The molecule has 2 aliphatic carbocycles. The largest absolute Gasteiger partial charge is 0.337 e. The summed E-state index contributed by atoms with van der Waals surface area (Å²) < 4.78 is 0. The number of amides is 2. The van der Waals surface area contributed by atoms with Crippen molar-refractivity contribution in [1.82, 2.24) is 9.80 Å². The number of benzene rings is 1. The lowest BCUT2D eigenvalue weighted by Gasteiger charge is -2.37. The number of hydrogen-bond donors (Lipinski definition) is 0. The van der Waals surface area contributed by atoms with Crippen molar-refractivity contribution < 1.29 is 9.59 Å². The summed E-state index contributed by atoms with van der Waals surface area (Å²) in [6, 6.07) is 9.80. The summed E-state index contributed by atoms with van der Waals surface area (Å²) in [5, 5.41) is 0. The summed E-state index contributed by atoms with van der Waals surface area (Å²) in [4.78, 5) is 29.0. The van der Waals surface area contributed by atoms with Gasteiger partial charge in [0.25, 0.3) is 0 Å². The number of hydrogen-bond acceptors (Lipinski definition) is 2. The highest BCUT2D eigenvalue weighted by molar-refractivity contribution is 5.94. The fourth-order valence-corrected chi connectivity index (χ4v) is 3.78. The maximum absolute atomic E-state index is 12.8. The third kappa shape index (κ3) is 2.13. The predicted molar refractivity (Wildman–Crippen MR) is 82.8 cm³/mol. The van der Waals surface area contributed by atoms with Gasteiger partial charge < -0.3 is 9.80 Å². The molecule has 3 fully saturated rings. The van der Waals surface area contributed by atoms with Gasteiger partial charge in [-0.25, -0.2) is 0 Å². The molecular formula is C18H22N2O2. The molecule has 0 spiro atoms. The van der Waals surface area contributed by atoms with Crippen LogP contribution in [0.4, 0.5) is 0 Å². The lowest BCUT2D eigenvalue weighted by molar-refractivity contribution is -0.149. The van der Waals surface area contributed by atoms with Crippen molar-refractivity contribution in [3.8, 4) is 0 Å². The number of fused-ring (bicyclic) bond motifs is 1. The van der Waals surface area contributed by atoms with Crippen LogP contribution >= 0.6 is 0 Å². The molecule has 0 aromatic heterocycles. The number of likely N-dealkylation sites (tertiary alicyclic amines) is 1. The number of likely N-dealkylation sites (N-methyl/N-ethyl adjacent to an activating group) is 1. The zero-order valence-electron chi connectivity index (χ0n) is 13.0. The van der Waals surface area contributed by atoms with Crippen LogP contribution in [-0.4, -0.2) is 41.2 Å². The van der Waals surface area contributed by atoms with Gasteiger partial charge in [0, 0.05) is 20.1 Å². The van der Waals surface area contributed by atoms with E-state index >= 15 is 0 Å². The summed E-state index contributed by atoms with van der Waals surface area (Å²) in [5.74, 6) is 0.944. The Balaban J connectivity index is 1.45. The molecule has 1 aromatic rings. The highest BCUT2D eigenvalue weighted by Gasteiger charge is 2.75. The number of nitrogens with zero attached hydrogens (tertiary/aromatic N) is 2. The second-order valence-corrected chi connectivity index (χ2v) is 7.08. The van der Waals surface area contributed by atoms with E-state index in [9.17, 15) is 9.59 Å². The Morgan fingerprint density at radius 3 is 2.64 bits per heavy atom. The molecule has 0 bridgehead atoms. The quantitative estimate of drug-likeness (QED) is 0.853. The highest BCUT2D eigenvalue weighted by atomic mass is 16.2. The molecular weight excluding hydrogens is 276 g/mol. The zero-order chi connectivity index (χ0) is 15.3. The van der Waals surface area contributed by atoms with E-state index in [0.29, 0.717) is 12.5 Å². The maximum Gasteiger partial charge on any atom is 0.245 e. The van der Waals surface area contributed by atoms with E-state index in [0.717, 1.165) is 37.8 Å². The molecule has 1 saturated heterocycles. The monoisotopic (exact) mass is 298 g/mol. The Labute approximate surface area is 131 Å². The van der Waals surface area contributed by atoms with Crippen molar-refractivity contribution in [2.24, 2.45) is 11.3 Å². The second-order valence-electron chi connectivity index (χ2n) is 7.08. The average molecular weight is 298 g/mol. The molecule has 4 rings (SSSR count). The zero-order valence-corrected chi connectivity index (χ0v) is 13.0. The Morgan fingerprint density at radius 2 is 2.00 bits per heavy atom. The second kappa shape index (κ2) is 4.83. The highest BCUT2D eigenvalue weighted by Crippen LogP contribution is 2.76. The van der Waals surface area contributed by atoms with Gasteiger partial charge in [-0.2, -0.15) is 0 Å². The molecule has 1 heterocycles. The van der Waals surface area contributed by atoms with Crippen molar-refractivity contribution in [2.45, 2.75) is 38.3 Å². The Morgan fingerprint density at radius 1 is 1.32 bits per heavy atom. The minimum absolute atomic E-state index is 0.0449. The first kappa shape index (κ1) is 13.8. The van der Waals surface area contributed by atoms with Crippen molar-refractivity contribution >= 4 is 11.8 Å². The molecule has 0 N–H and O–H groups in total. The van der Waals surface area contributed by atoms with E-state index < -0.39 is 0 Å². The third-order valence-corrected chi connectivity index (χ3v) is 5.61. The molecule has 2 amide bonds. The maximum atomic E-state index is 12.8. The van der Waals surface area contributed by atoms with Crippen LogP contribution in [0.1, 0.15) is 31.2 Å². The molecule has 4 heteroatoms. The van der Waals surface area contributed by atoms with Crippen molar-refractivity contribution in [3.63, 3.8) is 0 Å². The van der Waals surface area contributed by atoms with Crippen molar-refractivity contribution in [3.05, 3.63) is 35.9 Å². The van der Waals surface area contributed by atoms with Crippen molar-refractivity contribution in [2.75, 3.05) is 13.6 Å². The van der Waals surface area contributed by atoms with E-state index in [4.69, 9.17) is 0 Å². The molecule has 3 aliphatic rings. The van der Waals surface area contributed by atoms with Crippen LogP contribution in [0.25, 0.3) is 0 Å². The van der Waals surface area contributed by atoms with Gasteiger partial charge in [0.2, 0.25) is 11.8 Å². The first-order valence-electron chi connectivity index (χ1n) is 8.22. The van der Waals surface area contributed by atoms with Crippen LogP contribution in [-0.2, 0) is 16.1 Å². The number of carbonyl (C=O) groups is 2. The minimum Gasteiger partial charge on any atom is -0.337 e. The standard InChI is InChI=1S/C18H22N2O2/c1-19(17(22)18-10-14(18)11-18)15-8-5-9-20(16(15)21)12-13-6-3-2-4-7-13/h2-4,6-7,14-15H,5,8-12H2,1H3. The Kier molecular flexibility index (Phi) is 3.03. The lowest BCUT2D eigenvalue weighted by atomic mass is 10.0. The molecule has 2 saturated carbocycles. The minimum atomic E-state index is -0.263. The van der Waals surface area contributed by atoms with Crippen LogP contribution in [0.3, 0.4) is 0 Å². The normalized spacial score (nSPS) is 32.4. The van der Waals surface area contributed by atoms with E-state index in [-0.39, 0.29) is 23.3 Å². The predicted octanol–water partition coefficient (Wildman–Crippen LogP) is 2.05. The van der Waals surface area contributed by atoms with Gasteiger partial charge in [-0.15, -0.1) is 0 Å². The summed E-state index contributed by atoms with van der Waals surface area (Å²) in [6.45, 7) is 1.44. The fraction of sp³-hybridized carbons (Fsp3) is 0.556. The van der Waals surface area contributed by atoms with Gasteiger partial charge in [0.05, 0.1) is 5.41 Å². The molecule has 1 aliphatic heterocycles. The number of carbonyl (C=O) groups excluding carboxylic acids is 2. The van der Waals surface area contributed by atoms with Gasteiger partial charge in [-0.05, 0) is 37.2 Å². The molecule has 1 unspecified atom stereocenters. The van der Waals surface area contributed by atoms with Crippen LogP contribution in [0.2, 0.25) is 0 Å². The van der Waals surface area contributed by atoms with E-state index in [1.807, 2.05) is 42.3 Å². The topological polar surface area (TPSA) is 40.6 Å². The van der Waals surface area contributed by atoms with Crippen LogP contribution in [0.5, 0.6) is 0 Å². The van der Waals surface area contributed by atoms with Gasteiger partial charge in [0.1, 0.15) is 6.04 Å². The van der Waals surface area contributed by atoms with Gasteiger partial charge in [0.15, 0.2) is 0 Å². The first-order valence-corrected chi connectivity index (χ1v) is 8.22. The molecule has 0 radical (unpaired) electrons. The average Bonchev–Trinajstić information content (AvgIpc) is 3.39. The summed E-state index contributed by atoms with van der Waals surface area (Å²) >= 11 is 0. The molecule has 4 nitrogen and oxygen atoms in total. The number of rotatable bonds is 4. The molecule has 116 valence electrons. The van der Waals surface area contributed by atoms with Gasteiger partial charge in [-0.3, -0.25) is 9.59 Å².